The zero-order chi connectivity index (χ0) is 19.7. The quantitative estimate of drug-likeness (QED) is 0.879. The van der Waals surface area contributed by atoms with Crippen LogP contribution in [-0.4, -0.2) is 48.9 Å². The molecule has 1 heterocycles. The summed E-state index contributed by atoms with van der Waals surface area (Å²) in [4.78, 5) is 17.7. The highest BCUT2D eigenvalue weighted by Crippen LogP contribution is 2.43. The average molecular weight is 385 g/mol. The van der Waals surface area contributed by atoms with Crippen LogP contribution in [-0.2, 0) is 23.3 Å². The van der Waals surface area contributed by atoms with E-state index in [-0.39, 0.29) is 12.5 Å². The number of amides is 1. The number of fused-ring (bicyclic) bond motifs is 1. The molecule has 2 aromatic rings. The molecule has 6 heteroatoms. The molecule has 1 aliphatic carbocycles. The molecule has 0 saturated carbocycles. The van der Waals surface area contributed by atoms with Crippen molar-refractivity contribution < 1.29 is 13.6 Å². The predicted molar refractivity (Wildman–Crippen MR) is 104 cm³/mol. The number of carbonyl (C=O) groups is 1. The number of rotatable bonds is 4. The number of hydrogen-bond donors (Lipinski definition) is 1. The van der Waals surface area contributed by atoms with E-state index in [1.807, 2.05) is 12.1 Å². The minimum absolute atomic E-state index is 0.0102. The Morgan fingerprint density at radius 3 is 2.54 bits per heavy atom. The molecular weight excluding hydrogens is 360 g/mol. The fourth-order valence-electron chi connectivity index (χ4n) is 4.69. The summed E-state index contributed by atoms with van der Waals surface area (Å²) in [5.74, 6) is -1.26. The fourth-order valence-corrected chi connectivity index (χ4v) is 4.69. The summed E-state index contributed by atoms with van der Waals surface area (Å²) in [5, 5.41) is 3.35. The first-order chi connectivity index (χ1) is 13.5. The largest absolute Gasteiger partial charge is 0.340 e. The lowest BCUT2D eigenvalue weighted by atomic mass is 9.87. The van der Waals surface area contributed by atoms with Crippen LogP contribution in [0.25, 0.3) is 0 Å². The number of nitrogens with one attached hydrogen (secondary N) is 1. The highest BCUT2D eigenvalue weighted by Gasteiger charge is 2.50. The number of nitrogens with zero attached hydrogens (tertiary/aromatic N) is 2. The van der Waals surface area contributed by atoms with E-state index in [9.17, 15) is 13.6 Å². The number of carbonyl (C=O) groups excluding carboxylic acids is 1. The fraction of sp³-hybridized carbons (Fsp3) is 0.409. The van der Waals surface area contributed by atoms with Gasteiger partial charge in [0.15, 0.2) is 0 Å². The van der Waals surface area contributed by atoms with E-state index in [1.54, 1.807) is 11.9 Å². The van der Waals surface area contributed by atoms with E-state index < -0.39 is 17.2 Å². The van der Waals surface area contributed by atoms with Gasteiger partial charge in [-0.15, -0.1) is 0 Å². The second kappa shape index (κ2) is 7.60. The van der Waals surface area contributed by atoms with Gasteiger partial charge in [-0.25, -0.2) is 8.78 Å². The summed E-state index contributed by atoms with van der Waals surface area (Å²) in [6.45, 7) is 3.45. The second-order valence-electron chi connectivity index (χ2n) is 7.69. The number of benzene rings is 2. The topological polar surface area (TPSA) is 35.6 Å². The van der Waals surface area contributed by atoms with Gasteiger partial charge in [0.2, 0.25) is 5.91 Å². The summed E-state index contributed by atoms with van der Waals surface area (Å²) in [6.07, 6.45) is 1.58. The monoisotopic (exact) mass is 385 g/mol. The molecule has 1 amide bonds. The van der Waals surface area contributed by atoms with Gasteiger partial charge in [0.25, 0.3) is 0 Å². The van der Waals surface area contributed by atoms with Gasteiger partial charge in [-0.3, -0.25) is 9.69 Å². The predicted octanol–water partition coefficient (Wildman–Crippen LogP) is 2.67. The molecule has 1 fully saturated rings. The van der Waals surface area contributed by atoms with Crippen molar-refractivity contribution in [2.24, 2.45) is 0 Å². The third kappa shape index (κ3) is 3.31. The van der Waals surface area contributed by atoms with Crippen LogP contribution in [0.1, 0.15) is 23.1 Å². The van der Waals surface area contributed by atoms with Gasteiger partial charge < -0.3 is 10.2 Å². The van der Waals surface area contributed by atoms with Crippen LogP contribution in [0.3, 0.4) is 0 Å². The van der Waals surface area contributed by atoms with Crippen LogP contribution in [0.2, 0.25) is 0 Å². The number of piperazine rings is 1. The first kappa shape index (κ1) is 19.0. The summed E-state index contributed by atoms with van der Waals surface area (Å²) in [7, 11) is 1.72. The maximum absolute atomic E-state index is 13.8. The minimum atomic E-state index is -0.709. The zero-order valence-electron chi connectivity index (χ0n) is 16.0. The number of likely N-dealkylation sites (N-methyl/N-ethyl adjacent to an activating group) is 1. The number of halogens is 2. The number of aryl methyl sites for hydroxylation is 1. The van der Waals surface area contributed by atoms with Crippen molar-refractivity contribution in [1.82, 2.24) is 15.1 Å². The van der Waals surface area contributed by atoms with Gasteiger partial charge in [0, 0.05) is 45.8 Å². The van der Waals surface area contributed by atoms with Crippen LogP contribution in [0.5, 0.6) is 0 Å². The number of hydrogen-bond acceptors (Lipinski definition) is 3. The van der Waals surface area contributed by atoms with Crippen molar-refractivity contribution in [2.75, 3.05) is 33.2 Å². The summed E-state index contributed by atoms with van der Waals surface area (Å²) in [5.41, 5.74) is 2.02. The Morgan fingerprint density at radius 2 is 1.82 bits per heavy atom. The van der Waals surface area contributed by atoms with E-state index in [0.29, 0.717) is 5.56 Å². The highest BCUT2D eigenvalue weighted by molar-refractivity contribution is 5.89. The van der Waals surface area contributed by atoms with Gasteiger partial charge >= 0.3 is 0 Å². The Kier molecular flexibility index (Phi) is 5.17. The molecule has 0 unspecified atom stereocenters. The molecule has 0 spiro atoms. The van der Waals surface area contributed by atoms with Crippen molar-refractivity contribution in [3.8, 4) is 0 Å². The molecule has 2 aliphatic rings. The van der Waals surface area contributed by atoms with Gasteiger partial charge in [0.05, 0.1) is 0 Å². The molecule has 0 aromatic heterocycles. The summed E-state index contributed by atoms with van der Waals surface area (Å²) < 4.78 is 27.2. The molecule has 148 valence electrons. The van der Waals surface area contributed by atoms with Crippen molar-refractivity contribution in [1.29, 1.82) is 0 Å². The molecule has 2 aromatic carbocycles. The molecule has 0 bridgehead atoms. The zero-order valence-corrected chi connectivity index (χ0v) is 16.0. The van der Waals surface area contributed by atoms with Crippen LogP contribution in [0, 0.1) is 11.6 Å². The van der Waals surface area contributed by atoms with Gasteiger partial charge in [-0.2, -0.15) is 0 Å². The maximum atomic E-state index is 13.8. The molecule has 28 heavy (non-hydrogen) atoms. The van der Waals surface area contributed by atoms with Crippen LogP contribution in [0.15, 0.2) is 42.5 Å². The van der Waals surface area contributed by atoms with Crippen LogP contribution < -0.4 is 5.32 Å². The second-order valence-corrected chi connectivity index (χ2v) is 7.69. The molecule has 0 radical (unpaired) electrons. The highest BCUT2D eigenvalue weighted by atomic mass is 19.1. The van der Waals surface area contributed by atoms with Crippen molar-refractivity contribution in [3.63, 3.8) is 0 Å². The Hall–Kier alpha value is -2.31. The first-order valence-electron chi connectivity index (χ1n) is 9.75. The van der Waals surface area contributed by atoms with E-state index in [2.05, 4.69) is 22.3 Å². The lowest BCUT2D eigenvalue weighted by Crippen LogP contribution is -2.60. The van der Waals surface area contributed by atoms with E-state index >= 15 is 0 Å². The smallest absolute Gasteiger partial charge is 0.247 e. The Morgan fingerprint density at radius 1 is 1.14 bits per heavy atom. The van der Waals surface area contributed by atoms with E-state index in [1.165, 1.54) is 17.7 Å². The Bertz CT molecular complexity index is 862. The molecule has 4 nitrogen and oxygen atoms in total. The lowest BCUT2D eigenvalue weighted by molar-refractivity contribution is -0.145. The average Bonchev–Trinajstić information content (AvgIpc) is 3.08. The van der Waals surface area contributed by atoms with Gasteiger partial charge in [-0.1, -0.05) is 24.3 Å². The summed E-state index contributed by atoms with van der Waals surface area (Å²) in [6, 6.07) is 11.6. The third-order valence-corrected chi connectivity index (χ3v) is 5.92. The molecule has 1 N–H and O–H groups in total. The SMILES string of the molecule is CN(Cc1cc(F)cc(F)c1)C(=O)[C@]1(N2CCNCC2)CCc2ccccc21. The third-order valence-electron chi connectivity index (χ3n) is 5.92. The van der Waals surface area contributed by atoms with E-state index in [0.717, 1.165) is 50.7 Å². The van der Waals surface area contributed by atoms with Crippen LogP contribution in [0.4, 0.5) is 8.78 Å². The molecule has 1 atom stereocenters. The van der Waals surface area contributed by atoms with Gasteiger partial charge in [0.1, 0.15) is 17.2 Å². The van der Waals surface area contributed by atoms with Crippen molar-refractivity contribution >= 4 is 5.91 Å². The van der Waals surface area contributed by atoms with Crippen LogP contribution >= 0.6 is 0 Å². The first-order valence-corrected chi connectivity index (χ1v) is 9.75. The van der Waals surface area contributed by atoms with E-state index in [4.69, 9.17) is 0 Å². The molecule has 4 rings (SSSR count). The molecular formula is C22H25F2N3O. The molecule has 1 aliphatic heterocycles. The summed E-state index contributed by atoms with van der Waals surface area (Å²) >= 11 is 0. The molecule has 1 saturated heterocycles. The lowest BCUT2D eigenvalue weighted by Gasteiger charge is -2.44. The standard InChI is InChI=1S/C22H25F2N3O/c1-26(15-16-12-18(23)14-19(24)13-16)21(28)22(27-10-8-25-9-11-27)7-6-17-4-2-3-5-20(17)22/h2-5,12-14,25H,6-11,15H2,1H3/t22-/m0/s1. The van der Waals surface area contributed by atoms with Crippen molar-refractivity contribution in [2.45, 2.75) is 24.9 Å². The maximum Gasteiger partial charge on any atom is 0.247 e. The Balaban J connectivity index is 1.68. The minimum Gasteiger partial charge on any atom is -0.340 e. The van der Waals surface area contributed by atoms with Gasteiger partial charge in [-0.05, 0) is 41.7 Å². The van der Waals surface area contributed by atoms with Crippen molar-refractivity contribution in [3.05, 3.63) is 70.8 Å². The Labute approximate surface area is 164 Å². The normalized spacial score (nSPS) is 22.1.